The number of hydrogen-bond donors (Lipinski definition) is 0. The quantitative estimate of drug-likeness (QED) is 0.482. The van der Waals surface area contributed by atoms with Crippen LogP contribution >= 0.6 is 0 Å². The van der Waals surface area contributed by atoms with Crippen molar-refractivity contribution in [1.29, 1.82) is 0 Å². The van der Waals surface area contributed by atoms with E-state index in [0.29, 0.717) is 0 Å². The van der Waals surface area contributed by atoms with E-state index in [-0.39, 0.29) is 58.2 Å². The van der Waals surface area contributed by atoms with Crippen LogP contribution in [-0.2, 0) is 7.05 Å². The summed E-state index contributed by atoms with van der Waals surface area (Å²) in [6.07, 6.45) is 1.39. The first-order valence-corrected chi connectivity index (χ1v) is 3.41. The van der Waals surface area contributed by atoms with Crippen LogP contribution in [0.4, 0.5) is 0 Å². The Labute approximate surface area is 120 Å². The molecule has 1 aromatic heterocycles. The fraction of sp³-hybridized carbons (Fsp3) is 0.429. The van der Waals surface area contributed by atoms with Crippen LogP contribution in [0.3, 0.4) is 0 Å². The van der Waals surface area contributed by atoms with Gasteiger partial charge in [-0.3, -0.25) is 0 Å². The Morgan fingerprint density at radius 1 is 1.50 bits per heavy atom. The SMILES string of the molecule is CC.Cn1ccc([O-])nc1=O.[Rb+]. The van der Waals surface area contributed by atoms with E-state index >= 15 is 0 Å². The third kappa shape index (κ3) is 5.19. The van der Waals surface area contributed by atoms with Crippen molar-refractivity contribution in [2.24, 2.45) is 7.05 Å². The Balaban J connectivity index is 0. The van der Waals surface area contributed by atoms with Crippen LogP contribution in [0, 0.1) is 0 Å². The van der Waals surface area contributed by atoms with Crippen LogP contribution in [0.2, 0.25) is 0 Å². The van der Waals surface area contributed by atoms with Crippen molar-refractivity contribution < 1.29 is 63.3 Å². The molecule has 0 saturated carbocycles. The molecule has 0 saturated heterocycles. The molecule has 62 valence electrons. The molecule has 0 amide bonds. The molecule has 4 nitrogen and oxygen atoms in total. The Kier molecular flexibility index (Phi) is 10.1. The van der Waals surface area contributed by atoms with Crippen molar-refractivity contribution in [1.82, 2.24) is 9.55 Å². The summed E-state index contributed by atoms with van der Waals surface area (Å²) in [5.74, 6) is -0.488. The van der Waals surface area contributed by atoms with Gasteiger partial charge in [-0.05, 0) is 11.9 Å². The Hall–Kier alpha value is 0.485. The van der Waals surface area contributed by atoms with Crippen LogP contribution < -0.4 is 69.0 Å². The molecule has 0 aromatic carbocycles. The summed E-state index contributed by atoms with van der Waals surface area (Å²) >= 11 is 0. The first kappa shape index (κ1) is 15.0. The van der Waals surface area contributed by atoms with Gasteiger partial charge in [-0.25, -0.2) is 9.78 Å². The molecule has 0 unspecified atom stereocenters. The molecule has 0 aliphatic heterocycles. The molecular weight excluding hydrogens is 230 g/mol. The van der Waals surface area contributed by atoms with Crippen LogP contribution in [0.5, 0.6) is 5.88 Å². The second-order valence-corrected chi connectivity index (χ2v) is 1.66. The Bertz CT molecular complexity index is 272. The second-order valence-electron chi connectivity index (χ2n) is 1.66. The average molecular weight is 241 g/mol. The molecule has 0 bridgehead atoms. The monoisotopic (exact) mass is 240 g/mol. The topological polar surface area (TPSA) is 57.9 Å². The Morgan fingerprint density at radius 3 is 2.33 bits per heavy atom. The zero-order valence-corrected chi connectivity index (χ0v) is 12.8. The van der Waals surface area contributed by atoms with Gasteiger partial charge in [0.25, 0.3) is 0 Å². The van der Waals surface area contributed by atoms with Crippen molar-refractivity contribution in [3.8, 4) is 5.88 Å². The predicted octanol–water partition coefficient (Wildman–Crippen LogP) is -3.12. The van der Waals surface area contributed by atoms with Gasteiger partial charge in [0, 0.05) is 13.2 Å². The third-order valence-corrected chi connectivity index (χ3v) is 0.948. The minimum atomic E-state index is -0.512. The number of aryl methyl sites for hydroxylation is 1. The molecule has 0 aliphatic carbocycles. The molecule has 0 aliphatic rings. The van der Waals surface area contributed by atoms with Gasteiger partial charge >= 0.3 is 63.9 Å². The van der Waals surface area contributed by atoms with E-state index in [1.165, 1.54) is 23.9 Å². The minimum absolute atomic E-state index is 0. The zero-order valence-electron chi connectivity index (χ0n) is 7.87. The van der Waals surface area contributed by atoms with E-state index in [2.05, 4.69) is 4.98 Å². The van der Waals surface area contributed by atoms with E-state index in [1.54, 1.807) is 0 Å². The van der Waals surface area contributed by atoms with Crippen LogP contribution in [0.25, 0.3) is 0 Å². The summed E-state index contributed by atoms with van der Waals surface area (Å²) in [6, 6.07) is 1.24. The molecule has 0 spiro atoms. The second kappa shape index (κ2) is 8.10. The van der Waals surface area contributed by atoms with Gasteiger partial charge in [0.1, 0.15) is 0 Å². The largest absolute Gasteiger partial charge is 1.00 e. The molecule has 5 heteroatoms. The molecular formula is C7H11N2O2Rb. The summed E-state index contributed by atoms with van der Waals surface area (Å²) in [5.41, 5.74) is -0.512. The van der Waals surface area contributed by atoms with E-state index in [4.69, 9.17) is 0 Å². The fourth-order valence-electron chi connectivity index (χ4n) is 0.450. The van der Waals surface area contributed by atoms with Crippen LogP contribution in [0.15, 0.2) is 17.1 Å². The summed E-state index contributed by atoms with van der Waals surface area (Å²) in [7, 11) is 1.54. The molecule has 1 aromatic rings. The minimum Gasteiger partial charge on any atom is -0.858 e. The van der Waals surface area contributed by atoms with Gasteiger partial charge in [-0.2, -0.15) is 0 Å². The van der Waals surface area contributed by atoms with Crippen molar-refractivity contribution in [2.75, 3.05) is 0 Å². The number of rotatable bonds is 0. The van der Waals surface area contributed by atoms with Crippen molar-refractivity contribution >= 4 is 0 Å². The average Bonchev–Trinajstić information content (AvgIpc) is 2.02. The summed E-state index contributed by atoms with van der Waals surface area (Å²) in [6.45, 7) is 4.00. The van der Waals surface area contributed by atoms with E-state index in [0.717, 1.165) is 0 Å². The van der Waals surface area contributed by atoms with E-state index in [1.807, 2.05) is 13.8 Å². The Morgan fingerprint density at radius 2 is 2.00 bits per heavy atom. The third-order valence-electron chi connectivity index (χ3n) is 0.948. The smallest absolute Gasteiger partial charge is 0.858 e. The van der Waals surface area contributed by atoms with Crippen molar-refractivity contribution in [3.63, 3.8) is 0 Å². The van der Waals surface area contributed by atoms with Crippen LogP contribution in [-0.4, -0.2) is 9.55 Å². The first-order chi connectivity index (χ1) is 5.20. The van der Waals surface area contributed by atoms with Gasteiger partial charge < -0.3 is 9.67 Å². The first-order valence-electron chi connectivity index (χ1n) is 3.41. The number of hydrogen-bond acceptors (Lipinski definition) is 3. The van der Waals surface area contributed by atoms with Crippen molar-refractivity contribution in [3.05, 3.63) is 22.7 Å². The maximum atomic E-state index is 10.5. The molecule has 0 radical (unpaired) electrons. The molecule has 0 N–H and O–H groups in total. The van der Waals surface area contributed by atoms with Gasteiger partial charge in [0.2, 0.25) is 0 Å². The summed E-state index contributed by atoms with van der Waals surface area (Å²) in [4.78, 5) is 13.6. The molecule has 0 fully saturated rings. The maximum absolute atomic E-state index is 10.5. The number of nitrogens with zero attached hydrogens (tertiary/aromatic N) is 2. The zero-order chi connectivity index (χ0) is 8.85. The maximum Gasteiger partial charge on any atom is 1.00 e. The predicted molar refractivity (Wildman–Crippen MR) is 40.3 cm³/mol. The number of aromatic nitrogens is 2. The fourth-order valence-corrected chi connectivity index (χ4v) is 0.450. The summed E-state index contributed by atoms with van der Waals surface area (Å²) < 4.78 is 1.24. The van der Waals surface area contributed by atoms with Gasteiger partial charge in [-0.15, -0.1) is 0 Å². The van der Waals surface area contributed by atoms with E-state index < -0.39 is 11.6 Å². The standard InChI is InChI=1S/C5H6N2O2.C2H6.Rb/c1-7-3-2-4(8)6-5(7)9;1-2;/h2-3H,1H3,(H,6,8,9);1-2H3;/q;;+1/p-1. The molecule has 1 heterocycles. The van der Waals surface area contributed by atoms with Gasteiger partial charge in [0.15, 0.2) is 0 Å². The van der Waals surface area contributed by atoms with Gasteiger partial charge in [-0.1, -0.05) is 13.8 Å². The normalized spacial score (nSPS) is 7.58. The molecule has 0 atom stereocenters. The van der Waals surface area contributed by atoms with E-state index in [9.17, 15) is 9.90 Å². The molecule has 12 heavy (non-hydrogen) atoms. The van der Waals surface area contributed by atoms with Gasteiger partial charge in [0.05, 0.1) is 0 Å². The molecule has 1 rings (SSSR count). The van der Waals surface area contributed by atoms with Crippen molar-refractivity contribution in [2.45, 2.75) is 13.8 Å². The summed E-state index contributed by atoms with van der Waals surface area (Å²) in [5, 5.41) is 10.3. The van der Waals surface area contributed by atoms with Crippen LogP contribution in [0.1, 0.15) is 13.8 Å².